The minimum Gasteiger partial charge on any atom is -0.309 e. The van der Waals surface area contributed by atoms with Gasteiger partial charge in [-0.1, -0.05) is 55.8 Å². The lowest BCUT2D eigenvalue weighted by Crippen LogP contribution is -2.57. The van der Waals surface area contributed by atoms with E-state index in [2.05, 4.69) is 18.7 Å². The van der Waals surface area contributed by atoms with E-state index in [0.717, 1.165) is 30.1 Å². The van der Waals surface area contributed by atoms with Crippen LogP contribution in [0.1, 0.15) is 38.7 Å². The van der Waals surface area contributed by atoms with E-state index in [0.29, 0.717) is 44.9 Å². The van der Waals surface area contributed by atoms with Gasteiger partial charge in [-0.2, -0.15) is 0 Å². The number of piperidine rings is 1. The summed E-state index contributed by atoms with van der Waals surface area (Å²) in [6.07, 6.45) is 4.21. The third kappa shape index (κ3) is 5.72. The van der Waals surface area contributed by atoms with Crippen molar-refractivity contribution in [2.24, 2.45) is 5.92 Å². The van der Waals surface area contributed by atoms with E-state index in [1.54, 1.807) is 0 Å². The maximum Gasteiger partial charge on any atom is 0.327 e. The fraction of sp³-hybridized carbons (Fsp3) is 0.600. The predicted octanol–water partition coefficient (Wildman–Crippen LogP) is 3.97. The normalized spacial score (nSPS) is 19.8. The number of carbonyl (C=O) groups is 2. The predicted molar refractivity (Wildman–Crippen MR) is 131 cm³/mol. The second kappa shape index (κ2) is 10.8. The number of imide groups is 1. The lowest BCUT2D eigenvalue weighted by molar-refractivity contribution is -0.135. The second-order valence-electron chi connectivity index (χ2n) is 9.69. The number of likely N-dealkylation sites (N-methyl/N-ethyl adjacent to an activating group) is 1. The van der Waals surface area contributed by atoms with Crippen LogP contribution in [0.2, 0.25) is 0 Å². The molecule has 0 unspecified atom stereocenters. The fourth-order valence-corrected chi connectivity index (χ4v) is 4.83. The molecule has 3 amide bonds. The van der Waals surface area contributed by atoms with E-state index in [9.17, 15) is 9.59 Å². The monoisotopic (exact) mass is 460 g/mol. The van der Waals surface area contributed by atoms with Crippen molar-refractivity contribution in [2.45, 2.75) is 38.6 Å². The van der Waals surface area contributed by atoms with Crippen LogP contribution in [0.4, 0.5) is 4.79 Å². The van der Waals surface area contributed by atoms with Crippen molar-refractivity contribution in [3.63, 3.8) is 0 Å². The van der Waals surface area contributed by atoms with Gasteiger partial charge in [0.15, 0.2) is 0 Å². The molecule has 0 aromatic heterocycles. The summed E-state index contributed by atoms with van der Waals surface area (Å²) in [6.45, 7) is 8.22. The molecule has 0 saturated carbocycles. The molecule has 2 saturated heterocycles. The maximum atomic E-state index is 13.5. The SMILES string of the molecule is CC(C)CCN1C(=O)N(CCN(C)C)C(=O)C12CCN(CC(Cl)=Cc1ccccc1)CC2. The first-order valence-electron chi connectivity index (χ1n) is 11.6. The molecule has 0 N–H and O–H groups in total. The summed E-state index contributed by atoms with van der Waals surface area (Å²) < 4.78 is 0. The number of benzene rings is 1. The number of hydrogen-bond donors (Lipinski definition) is 0. The van der Waals surface area contributed by atoms with E-state index in [1.807, 2.05) is 60.3 Å². The van der Waals surface area contributed by atoms with Gasteiger partial charge >= 0.3 is 6.03 Å². The molecule has 2 aliphatic rings. The van der Waals surface area contributed by atoms with Crippen LogP contribution >= 0.6 is 11.6 Å². The van der Waals surface area contributed by atoms with Gasteiger partial charge in [0.1, 0.15) is 5.54 Å². The molecule has 0 radical (unpaired) electrons. The number of halogens is 1. The molecule has 6 nitrogen and oxygen atoms in total. The maximum absolute atomic E-state index is 13.5. The summed E-state index contributed by atoms with van der Waals surface area (Å²) in [4.78, 5) is 34.4. The van der Waals surface area contributed by atoms with Crippen LogP contribution in [0.5, 0.6) is 0 Å². The Bertz CT molecular complexity index is 816. The molecule has 32 heavy (non-hydrogen) atoms. The van der Waals surface area contributed by atoms with E-state index in [4.69, 9.17) is 11.6 Å². The highest BCUT2D eigenvalue weighted by molar-refractivity contribution is 6.31. The minimum atomic E-state index is -0.704. The summed E-state index contributed by atoms with van der Waals surface area (Å²) in [5, 5.41) is 0.783. The summed E-state index contributed by atoms with van der Waals surface area (Å²) in [7, 11) is 3.92. The van der Waals surface area contributed by atoms with Crippen LogP contribution in [0, 0.1) is 5.92 Å². The highest BCUT2D eigenvalue weighted by atomic mass is 35.5. The molecule has 2 aliphatic heterocycles. The Balaban J connectivity index is 1.69. The van der Waals surface area contributed by atoms with Gasteiger partial charge in [0.25, 0.3) is 5.91 Å². The van der Waals surface area contributed by atoms with E-state index in [-0.39, 0.29) is 11.9 Å². The van der Waals surface area contributed by atoms with Gasteiger partial charge in [0.05, 0.1) is 0 Å². The molecule has 2 heterocycles. The molecule has 176 valence electrons. The summed E-state index contributed by atoms with van der Waals surface area (Å²) in [5.74, 6) is 0.464. The molecule has 0 atom stereocenters. The van der Waals surface area contributed by atoms with E-state index >= 15 is 0 Å². The first-order valence-corrected chi connectivity index (χ1v) is 12.0. The largest absolute Gasteiger partial charge is 0.327 e. The van der Waals surface area contributed by atoms with E-state index in [1.165, 1.54) is 4.90 Å². The second-order valence-corrected chi connectivity index (χ2v) is 10.2. The summed E-state index contributed by atoms with van der Waals surface area (Å²) in [5.41, 5.74) is 0.378. The summed E-state index contributed by atoms with van der Waals surface area (Å²) >= 11 is 6.53. The van der Waals surface area contributed by atoms with Crippen molar-refractivity contribution in [3.05, 3.63) is 40.9 Å². The molecular formula is C25H37ClN4O2. The van der Waals surface area contributed by atoms with Gasteiger partial charge in [0.2, 0.25) is 0 Å². The molecule has 3 rings (SSSR count). The Morgan fingerprint density at radius 1 is 1.12 bits per heavy atom. The Morgan fingerprint density at radius 3 is 2.38 bits per heavy atom. The third-order valence-electron chi connectivity index (χ3n) is 6.50. The molecule has 1 aromatic rings. The lowest BCUT2D eigenvalue weighted by Gasteiger charge is -2.42. The Hall–Kier alpha value is -1.89. The van der Waals surface area contributed by atoms with Crippen LogP contribution in [-0.4, -0.2) is 90.4 Å². The van der Waals surface area contributed by atoms with Crippen molar-refractivity contribution < 1.29 is 9.59 Å². The van der Waals surface area contributed by atoms with Gasteiger partial charge in [0, 0.05) is 44.3 Å². The lowest BCUT2D eigenvalue weighted by atomic mass is 9.85. The standard InChI is InChI=1S/C25H37ClN4O2/c1-20(2)10-13-30-24(32)29(17-16-27(3)4)23(31)25(30)11-14-28(15-12-25)19-22(26)18-21-8-6-5-7-9-21/h5-9,18,20H,10-17,19H2,1-4H3. The van der Waals surface area contributed by atoms with Gasteiger partial charge in [-0.15, -0.1) is 0 Å². The number of amides is 3. The number of likely N-dealkylation sites (tertiary alicyclic amines) is 1. The van der Waals surface area contributed by atoms with Crippen LogP contribution < -0.4 is 0 Å². The van der Waals surface area contributed by atoms with Crippen LogP contribution in [0.3, 0.4) is 0 Å². The quantitative estimate of drug-likeness (QED) is 0.523. The number of urea groups is 1. The van der Waals surface area contributed by atoms with Crippen molar-refractivity contribution in [3.8, 4) is 0 Å². The average molecular weight is 461 g/mol. The third-order valence-corrected chi connectivity index (χ3v) is 6.73. The molecule has 0 bridgehead atoms. The number of carbonyl (C=O) groups excluding carboxylic acids is 2. The number of nitrogens with zero attached hydrogens (tertiary/aromatic N) is 4. The first-order chi connectivity index (χ1) is 15.2. The Morgan fingerprint density at radius 2 is 1.78 bits per heavy atom. The van der Waals surface area contributed by atoms with Gasteiger partial charge < -0.3 is 9.80 Å². The molecular weight excluding hydrogens is 424 g/mol. The fourth-order valence-electron chi connectivity index (χ4n) is 4.53. The Labute approximate surface area is 197 Å². The highest BCUT2D eigenvalue weighted by Gasteiger charge is 2.57. The average Bonchev–Trinajstić information content (AvgIpc) is 2.93. The topological polar surface area (TPSA) is 47.1 Å². The highest BCUT2D eigenvalue weighted by Crippen LogP contribution is 2.38. The van der Waals surface area contributed by atoms with E-state index < -0.39 is 5.54 Å². The van der Waals surface area contributed by atoms with Crippen LogP contribution in [0.25, 0.3) is 6.08 Å². The van der Waals surface area contributed by atoms with Crippen molar-refractivity contribution >= 4 is 29.6 Å². The van der Waals surface area contributed by atoms with Gasteiger partial charge in [-0.25, -0.2) is 4.79 Å². The number of rotatable bonds is 9. The molecule has 0 aliphatic carbocycles. The van der Waals surface area contributed by atoms with Crippen LogP contribution in [-0.2, 0) is 4.79 Å². The van der Waals surface area contributed by atoms with Gasteiger partial charge in [-0.05, 0) is 50.9 Å². The van der Waals surface area contributed by atoms with Gasteiger partial charge in [-0.3, -0.25) is 14.6 Å². The number of hydrogen-bond acceptors (Lipinski definition) is 4. The minimum absolute atomic E-state index is 0.0151. The molecule has 7 heteroatoms. The molecule has 2 fully saturated rings. The van der Waals surface area contributed by atoms with Crippen molar-refractivity contribution in [1.82, 2.24) is 19.6 Å². The first kappa shape index (κ1) is 24.7. The van der Waals surface area contributed by atoms with Crippen molar-refractivity contribution in [1.29, 1.82) is 0 Å². The summed E-state index contributed by atoms with van der Waals surface area (Å²) in [6, 6.07) is 9.93. The zero-order valence-corrected chi connectivity index (χ0v) is 20.6. The smallest absolute Gasteiger partial charge is 0.309 e. The van der Waals surface area contributed by atoms with Crippen LogP contribution in [0.15, 0.2) is 35.4 Å². The zero-order chi connectivity index (χ0) is 23.3. The molecule has 1 spiro atoms. The van der Waals surface area contributed by atoms with Crippen molar-refractivity contribution in [2.75, 3.05) is 53.4 Å². The zero-order valence-electron chi connectivity index (χ0n) is 19.9. The Kier molecular flexibility index (Phi) is 8.37. The molecule has 1 aromatic carbocycles.